The Morgan fingerprint density at radius 1 is 1.09 bits per heavy atom. The first-order valence-corrected chi connectivity index (χ1v) is 9.46. The van der Waals surface area contributed by atoms with Crippen molar-refractivity contribution in [1.29, 1.82) is 5.26 Å². The molecule has 160 valence electrons. The van der Waals surface area contributed by atoms with Crippen molar-refractivity contribution in [3.05, 3.63) is 106 Å². The van der Waals surface area contributed by atoms with Gasteiger partial charge < -0.3 is 9.84 Å². The van der Waals surface area contributed by atoms with Crippen LogP contribution in [-0.4, -0.2) is 11.7 Å². The molecule has 32 heavy (non-hydrogen) atoms. The lowest BCUT2D eigenvalue weighted by atomic mass is 9.94. The summed E-state index contributed by atoms with van der Waals surface area (Å²) in [4.78, 5) is 2.93. The van der Waals surface area contributed by atoms with Crippen molar-refractivity contribution in [3.8, 4) is 17.6 Å². The normalized spacial score (nSPS) is 10.8. The molecule has 0 unspecified atom stereocenters. The monoisotopic (exact) mass is 434 g/mol. The molecule has 4 nitrogen and oxygen atoms in total. The van der Waals surface area contributed by atoms with Gasteiger partial charge in [-0.15, -0.1) is 0 Å². The maximum absolute atomic E-state index is 13.3. The third kappa shape index (κ3) is 5.08. The summed E-state index contributed by atoms with van der Waals surface area (Å²) in [6.45, 7) is 11.1. The highest BCUT2D eigenvalue weighted by Crippen LogP contribution is 2.39. The van der Waals surface area contributed by atoms with Crippen molar-refractivity contribution in [1.82, 2.24) is 0 Å². The van der Waals surface area contributed by atoms with Crippen LogP contribution in [-0.2, 0) is 12.6 Å². The maximum atomic E-state index is 13.3. The van der Waals surface area contributed by atoms with Crippen LogP contribution in [0, 0.1) is 17.9 Å². The molecule has 0 saturated heterocycles. The molecule has 3 aromatic carbocycles. The molecule has 0 radical (unpaired) electrons. The van der Waals surface area contributed by atoms with Crippen molar-refractivity contribution in [2.24, 2.45) is 0 Å². The number of alkyl halides is 3. The zero-order valence-electron chi connectivity index (χ0n) is 16.8. The van der Waals surface area contributed by atoms with Gasteiger partial charge in [-0.25, -0.2) is 4.85 Å². The van der Waals surface area contributed by atoms with E-state index in [1.165, 1.54) is 12.1 Å². The molecule has 1 N–H and O–H groups in total. The zero-order valence-corrected chi connectivity index (χ0v) is 16.8. The van der Waals surface area contributed by atoms with E-state index in [9.17, 15) is 18.3 Å². The van der Waals surface area contributed by atoms with Gasteiger partial charge in [-0.3, -0.25) is 0 Å². The van der Waals surface area contributed by atoms with E-state index in [4.69, 9.17) is 16.6 Å². The van der Waals surface area contributed by atoms with Crippen LogP contribution in [0.1, 0.15) is 27.8 Å². The summed E-state index contributed by atoms with van der Waals surface area (Å²) in [5, 5.41) is 19.1. The molecule has 0 atom stereocenters. The number of hydrogen-bond acceptors (Lipinski definition) is 3. The van der Waals surface area contributed by atoms with Crippen LogP contribution in [0.3, 0.4) is 0 Å². The molecule has 0 heterocycles. The number of hydrogen-bond donors (Lipinski definition) is 1. The molecule has 7 heteroatoms. The number of aromatic hydroxyl groups is 1. The van der Waals surface area contributed by atoms with Crippen LogP contribution in [0.15, 0.2) is 67.2 Å². The zero-order chi connectivity index (χ0) is 23.3. The van der Waals surface area contributed by atoms with E-state index in [2.05, 4.69) is 11.4 Å². The van der Waals surface area contributed by atoms with Crippen molar-refractivity contribution < 1.29 is 23.0 Å². The molecule has 0 fully saturated rings. The number of phenols is 1. The van der Waals surface area contributed by atoms with E-state index in [0.29, 0.717) is 29.9 Å². The molecule has 0 aliphatic carbocycles. The number of nitriles is 1. The molecule has 0 aliphatic rings. The van der Waals surface area contributed by atoms with Crippen LogP contribution < -0.4 is 4.74 Å². The van der Waals surface area contributed by atoms with Crippen LogP contribution in [0.5, 0.6) is 11.5 Å². The Labute approximate surface area is 183 Å². The van der Waals surface area contributed by atoms with Gasteiger partial charge in [-0.1, -0.05) is 30.8 Å². The van der Waals surface area contributed by atoms with Crippen LogP contribution in [0.4, 0.5) is 18.9 Å². The van der Waals surface area contributed by atoms with Crippen LogP contribution in [0.2, 0.25) is 0 Å². The van der Waals surface area contributed by atoms with Crippen LogP contribution in [0.25, 0.3) is 10.4 Å². The Kier molecular flexibility index (Phi) is 6.51. The van der Waals surface area contributed by atoms with Crippen molar-refractivity contribution in [3.63, 3.8) is 0 Å². The molecule has 0 saturated carbocycles. The molecule has 3 rings (SSSR count). The second-order valence-electron chi connectivity index (χ2n) is 6.91. The highest BCUT2D eigenvalue weighted by molar-refractivity contribution is 5.82. The third-order valence-corrected chi connectivity index (χ3v) is 4.80. The first-order chi connectivity index (χ1) is 15.2. The highest BCUT2D eigenvalue weighted by atomic mass is 19.4. The van der Waals surface area contributed by atoms with Gasteiger partial charge in [0.1, 0.15) is 11.5 Å². The molecular formula is C25H17F3N2O2. The number of ether oxygens (including phenoxy) is 1. The van der Waals surface area contributed by atoms with Gasteiger partial charge in [0.2, 0.25) is 0 Å². The van der Waals surface area contributed by atoms with Gasteiger partial charge in [0.15, 0.2) is 5.69 Å². The maximum Gasteiger partial charge on any atom is 0.407 e. The Hall–Kier alpha value is -4.23. The van der Waals surface area contributed by atoms with Crippen molar-refractivity contribution in [2.45, 2.75) is 12.6 Å². The summed E-state index contributed by atoms with van der Waals surface area (Å²) >= 11 is 0. The first kappa shape index (κ1) is 22.5. The topological polar surface area (TPSA) is 57.6 Å². The standard InChI is InChI=1S/C25H17F3N2O2/c1-16(19-6-9-23(30-2)22(14-19)25(26,27)28)21-13-17(5-10-24(21)31)11-12-32-20-7-3-18(15-29)4-8-20/h3-10,13-14,31H,1,11-12H2. The summed E-state index contributed by atoms with van der Waals surface area (Å²) < 4.78 is 45.5. The molecular weight excluding hydrogens is 417 g/mol. The SMILES string of the molecule is [C-]#[N+]c1ccc(C(=C)c2cc(CCOc3ccc(C#N)cc3)ccc2O)cc1C(F)(F)F. The predicted molar refractivity (Wildman–Crippen MR) is 114 cm³/mol. The van der Waals surface area contributed by atoms with E-state index in [-0.39, 0.29) is 16.9 Å². The molecule has 0 bridgehead atoms. The summed E-state index contributed by atoms with van der Waals surface area (Å²) in [5.41, 5.74) is 0.443. The second-order valence-corrected chi connectivity index (χ2v) is 6.91. The predicted octanol–water partition coefficient (Wildman–Crippen LogP) is 6.52. The lowest BCUT2D eigenvalue weighted by Gasteiger charge is -2.14. The fraction of sp³-hybridized carbons (Fsp3) is 0.120. The fourth-order valence-electron chi connectivity index (χ4n) is 3.10. The van der Waals surface area contributed by atoms with Gasteiger partial charge in [0, 0.05) is 12.0 Å². The minimum Gasteiger partial charge on any atom is -0.507 e. The Morgan fingerprint density at radius 2 is 1.81 bits per heavy atom. The van der Waals surface area contributed by atoms with Crippen molar-refractivity contribution in [2.75, 3.05) is 6.61 Å². The van der Waals surface area contributed by atoms with E-state index >= 15 is 0 Å². The number of nitrogens with zero attached hydrogens (tertiary/aromatic N) is 2. The summed E-state index contributed by atoms with van der Waals surface area (Å²) in [6.07, 6.45) is -4.20. The number of phenolic OH excluding ortho intramolecular Hbond substituents is 1. The summed E-state index contributed by atoms with van der Waals surface area (Å²) in [5.74, 6) is 0.488. The van der Waals surface area contributed by atoms with Gasteiger partial charge in [-0.05, 0) is 53.1 Å². The molecule has 0 aliphatic heterocycles. The molecule has 0 aromatic heterocycles. The average Bonchev–Trinajstić information content (AvgIpc) is 2.79. The Morgan fingerprint density at radius 3 is 2.44 bits per heavy atom. The van der Waals surface area contributed by atoms with E-state index in [1.807, 2.05) is 6.07 Å². The fourth-order valence-corrected chi connectivity index (χ4v) is 3.10. The van der Waals surface area contributed by atoms with Gasteiger partial charge in [-0.2, -0.15) is 18.4 Å². The smallest absolute Gasteiger partial charge is 0.407 e. The first-order valence-electron chi connectivity index (χ1n) is 9.46. The average molecular weight is 434 g/mol. The summed E-state index contributed by atoms with van der Waals surface area (Å²) in [7, 11) is 0. The number of benzene rings is 3. The Balaban J connectivity index is 1.78. The van der Waals surface area contributed by atoms with Gasteiger partial charge in [0.25, 0.3) is 0 Å². The lowest BCUT2D eigenvalue weighted by Crippen LogP contribution is -2.06. The van der Waals surface area contributed by atoms with Gasteiger partial charge in [0.05, 0.1) is 30.4 Å². The van der Waals surface area contributed by atoms with E-state index < -0.39 is 17.4 Å². The molecule has 0 amide bonds. The summed E-state index contributed by atoms with van der Waals surface area (Å²) in [6, 6.07) is 16.8. The highest BCUT2D eigenvalue weighted by Gasteiger charge is 2.33. The van der Waals surface area contributed by atoms with Crippen molar-refractivity contribution >= 4 is 11.3 Å². The largest absolute Gasteiger partial charge is 0.507 e. The second kappa shape index (κ2) is 9.28. The number of rotatable bonds is 6. The van der Waals surface area contributed by atoms with E-state index in [0.717, 1.165) is 17.7 Å². The lowest BCUT2D eigenvalue weighted by molar-refractivity contribution is -0.136. The molecule has 0 spiro atoms. The van der Waals surface area contributed by atoms with Crippen LogP contribution >= 0.6 is 0 Å². The quantitative estimate of drug-likeness (QED) is 0.450. The number of halogens is 3. The third-order valence-electron chi connectivity index (χ3n) is 4.80. The van der Waals surface area contributed by atoms with E-state index in [1.54, 1.807) is 36.4 Å². The minimum absolute atomic E-state index is 0.116. The minimum atomic E-state index is -4.68. The van der Waals surface area contributed by atoms with Gasteiger partial charge >= 0.3 is 6.18 Å². The Bertz CT molecular complexity index is 1230. The molecule has 3 aromatic rings.